The van der Waals surface area contributed by atoms with E-state index in [4.69, 9.17) is 47.3 Å². The van der Waals surface area contributed by atoms with Crippen LogP contribution in [0.3, 0.4) is 0 Å². The van der Waals surface area contributed by atoms with Crippen LogP contribution in [-0.2, 0) is 31.1 Å². The van der Waals surface area contributed by atoms with Gasteiger partial charge in [0.1, 0.15) is 13.2 Å². The highest BCUT2D eigenvalue weighted by molar-refractivity contribution is 9.10. The summed E-state index contributed by atoms with van der Waals surface area (Å²) < 4.78 is 24.3. The lowest BCUT2D eigenvalue weighted by atomic mass is 10.0. The lowest BCUT2D eigenvalue weighted by molar-refractivity contribution is -0.139. The maximum absolute atomic E-state index is 10.8. The number of nitrogens with one attached hydrogen (secondary N) is 2. The average Bonchev–Trinajstić information content (AvgIpc) is 3.11. The van der Waals surface area contributed by atoms with E-state index in [9.17, 15) is 15.0 Å². The van der Waals surface area contributed by atoms with E-state index in [1.54, 1.807) is 6.07 Å². The fourth-order valence-corrected chi connectivity index (χ4v) is 6.58. The number of aliphatic carboxylic acids is 1. The standard InChI is InChI=1S/C36H40Br2Cl2N4O8/c1-4-24(45)16-41-14-22-11-28(37)35(43-33(22)49-2)51-18-20-7-5-9-26(31(20)39)27-10-6-8-21(32(27)40)19-52-36-29(38)12-23(34(44-36)50-3)15-42-17-25(46)13-30(47)48/h5-12,24-25,41-42,45-46H,4,13-19H2,1-3H3,(H,47,48). The lowest BCUT2D eigenvalue weighted by Gasteiger charge is -2.16. The first kappa shape index (κ1) is 41.5. The van der Waals surface area contributed by atoms with Crippen molar-refractivity contribution in [2.45, 2.75) is 58.3 Å². The van der Waals surface area contributed by atoms with Gasteiger partial charge in [0.15, 0.2) is 0 Å². The third kappa shape index (κ3) is 11.4. The van der Waals surface area contributed by atoms with E-state index in [0.717, 1.165) is 11.1 Å². The first-order valence-electron chi connectivity index (χ1n) is 16.2. The smallest absolute Gasteiger partial charge is 0.306 e. The third-order valence-electron chi connectivity index (χ3n) is 7.80. The number of carboxylic acids is 1. The van der Waals surface area contributed by atoms with Crippen LogP contribution >= 0.6 is 55.1 Å². The molecule has 16 heteroatoms. The largest absolute Gasteiger partial charge is 0.481 e. The van der Waals surface area contributed by atoms with Crippen molar-refractivity contribution in [3.05, 3.63) is 89.8 Å². The number of pyridine rings is 2. The molecule has 0 fully saturated rings. The number of ether oxygens (including phenoxy) is 4. The number of rotatable bonds is 20. The van der Waals surface area contributed by atoms with Crippen molar-refractivity contribution in [1.29, 1.82) is 0 Å². The molecular formula is C36H40Br2Cl2N4O8. The molecule has 0 radical (unpaired) electrons. The SMILES string of the molecule is CCC(O)CNCc1cc(Br)c(OCc2cccc(-c3cccc(COc4nc(OC)c(CNCC(O)CC(=O)O)cc4Br)c3Cl)c2Cl)nc1OC. The predicted octanol–water partition coefficient (Wildman–Crippen LogP) is 6.94. The summed E-state index contributed by atoms with van der Waals surface area (Å²) in [6, 6.07) is 14.8. The number of carbonyl (C=O) groups is 1. The highest BCUT2D eigenvalue weighted by Crippen LogP contribution is 2.38. The number of nitrogens with zero attached hydrogens (tertiary/aromatic N) is 2. The van der Waals surface area contributed by atoms with Gasteiger partial charge in [-0.05, 0) is 50.4 Å². The number of hydrogen-bond donors (Lipinski definition) is 5. The molecule has 4 rings (SSSR count). The Kier molecular flexibility index (Phi) is 16.2. The summed E-state index contributed by atoms with van der Waals surface area (Å²) in [6.07, 6.45) is -1.16. The molecule has 0 aliphatic heterocycles. The molecule has 0 aliphatic carbocycles. The van der Waals surface area contributed by atoms with Crippen LogP contribution in [0.25, 0.3) is 11.1 Å². The predicted molar refractivity (Wildman–Crippen MR) is 206 cm³/mol. The van der Waals surface area contributed by atoms with E-state index >= 15 is 0 Å². The molecule has 0 spiro atoms. The first-order chi connectivity index (χ1) is 24.9. The molecule has 0 saturated heterocycles. The van der Waals surface area contributed by atoms with Gasteiger partial charge >= 0.3 is 5.97 Å². The fourth-order valence-electron chi connectivity index (χ4n) is 5.05. The molecule has 0 aliphatic rings. The van der Waals surface area contributed by atoms with Crippen LogP contribution in [0.2, 0.25) is 10.0 Å². The summed E-state index contributed by atoms with van der Waals surface area (Å²) in [7, 11) is 3.02. The van der Waals surface area contributed by atoms with Gasteiger partial charge in [0.05, 0.1) is 51.8 Å². The van der Waals surface area contributed by atoms with Crippen LogP contribution in [0.4, 0.5) is 0 Å². The average molecular weight is 887 g/mol. The normalized spacial score (nSPS) is 12.3. The highest BCUT2D eigenvalue weighted by Gasteiger charge is 2.18. The first-order valence-corrected chi connectivity index (χ1v) is 18.6. The van der Waals surface area contributed by atoms with Crippen molar-refractivity contribution in [3.8, 4) is 34.6 Å². The molecule has 4 aromatic rings. The second-order valence-electron chi connectivity index (χ2n) is 11.6. The van der Waals surface area contributed by atoms with Gasteiger partial charge < -0.3 is 44.9 Å². The third-order valence-corrected chi connectivity index (χ3v) is 9.83. The van der Waals surface area contributed by atoms with Crippen molar-refractivity contribution >= 4 is 61.0 Å². The van der Waals surface area contributed by atoms with Gasteiger partial charge in [0.25, 0.3) is 0 Å². The number of carboxylic acid groups (broad SMARTS) is 1. The number of halogens is 4. The zero-order valence-corrected chi connectivity index (χ0v) is 33.4. The van der Waals surface area contributed by atoms with Crippen molar-refractivity contribution in [2.75, 3.05) is 27.3 Å². The summed E-state index contributed by atoms with van der Waals surface area (Å²) >= 11 is 20.9. The summed E-state index contributed by atoms with van der Waals surface area (Å²) in [6.45, 7) is 3.42. The van der Waals surface area contributed by atoms with Crippen LogP contribution in [0.5, 0.6) is 23.5 Å². The van der Waals surface area contributed by atoms with E-state index in [-0.39, 0.29) is 38.6 Å². The van der Waals surface area contributed by atoms with Crippen LogP contribution in [-0.4, -0.2) is 70.8 Å². The quantitative estimate of drug-likeness (QED) is 0.0623. The van der Waals surface area contributed by atoms with E-state index in [1.807, 2.05) is 49.4 Å². The van der Waals surface area contributed by atoms with Gasteiger partial charge in [0, 0.05) is 59.6 Å². The summed E-state index contributed by atoms with van der Waals surface area (Å²) in [5.74, 6) is 0.248. The Balaban J connectivity index is 1.45. The van der Waals surface area contributed by atoms with Crippen molar-refractivity contribution in [1.82, 2.24) is 20.6 Å². The van der Waals surface area contributed by atoms with E-state index in [2.05, 4.69) is 52.5 Å². The summed E-state index contributed by atoms with van der Waals surface area (Å²) in [5.41, 5.74) is 4.32. The minimum atomic E-state index is -1.08. The van der Waals surface area contributed by atoms with Gasteiger partial charge in [-0.3, -0.25) is 4.79 Å². The molecule has 2 heterocycles. The van der Waals surface area contributed by atoms with Gasteiger partial charge in [-0.15, -0.1) is 0 Å². The van der Waals surface area contributed by atoms with Crippen molar-refractivity contribution in [2.24, 2.45) is 0 Å². The highest BCUT2D eigenvalue weighted by atomic mass is 79.9. The number of hydrogen-bond acceptors (Lipinski definition) is 11. The molecule has 0 saturated carbocycles. The van der Waals surface area contributed by atoms with Crippen LogP contribution in [0.15, 0.2) is 57.5 Å². The second-order valence-corrected chi connectivity index (χ2v) is 14.1. The number of aromatic nitrogens is 2. The van der Waals surface area contributed by atoms with Gasteiger partial charge in [-0.25, -0.2) is 0 Å². The molecule has 5 N–H and O–H groups in total. The minimum Gasteiger partial charge on any atom is -0.481 e. The van der Waals surface area contributed by atoms with E-state index < -0.39 is 18.2 Å². The maximum atomic E-state index is 10.8. The van der Waals surface area contributed by atoms with Crippen LogP contribution < -0.4 is 29.6 Å². The lowest BCUT2D eigenvalue weighted by Crippen LogP contribution is -2.28. The molecule has 2 aromatic carbocycles. The Bertz CT molecular complexity index is 1840. The Hall–Kier alpha value is -3.21. The van der Waals surface area contributed by atoms with Crippen molar-refractivity contribution < 1.29 is 39.1 Å². The Morgan fingerprint density at radius 1 is 0.750 bits per heavy atom. The Morgan fingerprint density at radius 2 is 1.19 bits per heavy atom. The molecule has 2 unspecified atom stereocenters. The zero-order valence-electron chi connectivity index (χ0n) is 28.7. The molecule has 280 valence electrons. The number of aliphatic hydroxyl groups excluding tert-OH is 2. The zero-order chi connectivity index (χ0) is 37.8. The molecule has 52 heavy (non-hydrogen) atoms. The van der Waals surface area contributed by atoms with Gasteiger partial charge in [-0.1, -0.05) is 66.5 Å². The minimum absolute atomic E-state index is 0.0864. The van der Waals surface area contributed by atoms with E-state index in [1.165, 1.54) is 14.2 Å². The summed E-state index contributed by atoms with van der Waals surface area (Å²) in [5, 5.41) is 35.6. The van der Waals surface area contributed by atoms with Crippen molar-refractivity contribution in [3.63, 3.8) is 0 Å². The number of aliphatic hydroxyl groups is 2. The fraction of sp³-hybridized carbons (Fsp3) is 0.361. The monoisotopic (exact) mass is 884 g/mol. The Morgan fingerprint density at radius 3 is 1.60 bits per heavy atom. The van der Waals surface area contributed by atoms with Gasteiger partial charge in [-0.2, -0.15) is 9.97 Å². The topological polar surface area (TPSA) is 165 Å². The molecule has 0 bridgehead atoms. The molecular weight excluding hydrogens is 847 g/mol. The number of methoxy groups -OCH3 is 2. The maximum Gasteiger partial charge on any atom is 0.306 e. The summed E-state index contributed by atoms with van der Waals surface area (Å²) in [4.78, 5) is 19.8. The molecule has 2 aromatic heterocycles. The van der Waals surface area contributed by atoms with Crippen LogP contribution in [0, 0.1) is 0 Å². The number of benzene rings is 2. The Labute approximate surface area is 329 Å². The molecule has 0 amide bonds. The van der Waals surface area contributed by atoms with E-state index in [0.29, 0.717) is 78.4 Å². The molecule has 2 atom stereocenters. The van der Waals surface area contributed by atoms with Gasteiger partial charge in [0.2, 0.25) is 23.5 Å². The van der Waals surface area contributed by atoms with Crippen LogP contribution in [0.1, 0.15) is 42.0 Å². The second kappa shape index (κ2) is 20.3. The molecule has 12 nitrogen and oxygen atoms in total.